The quantitative estimate of drug-likeness (QED) is 0.600. The summed E-state index contributed by atoms with van der Waals surface area (Å²) in [6, 6.07) is 10.7. The molecule has 0 radical (unpaired) electrons. The van der Waals surface area contributed by atoms with Crippen LogP contribution in [0.25, 0.3) is 0 Å². The molecule has 0 amide bonds. The molecule has 8 heteroatoms. The Kier molecular flexibility index (Phi) is 5.53. The number of carbonyl (C=O) groups is 1. The Balaban J connectivity index is 2.36. The van der Waals surface area contributed by atoms with Crippen LogP contribution >= 0.6 is 0 Å². The molecule has 0 aliphatic rings. The van der Waals surface area contributed by atoms with Gasteiger partial charge in [0.2, 0.25) is 0 Å². The lowest BCUT2D eigenvalue weighted by atomic mass is 10.0. The van der Waals surface area contributed by atoms with E-state index in [1.165, 1.54) is 36.4 Å². The number of carboxylic acid groups (broad SMARTS) is 1. The average molecular weight is 340 g/mol. The van der Waals surface area contributed by atoms with E-state index in [4.69, 9.17) is 10.00 Å². The zero-order valence-electron chi connectivity index (χ0n) is 13.3. The topological polar surface area (TPSA) is 128 Å². The largest absolute Gasteiger partial charge is 0.548 e. The Hall–Kier alpha value is -3.60. The zero-order valence-corrected chi connectivity index (χ0v) is 13.3. The van der Waals surface area contributed by atoms with E-state index in [9.17, 15) is 20.0 Å². The molecule has 1 atom stereocenters. The molecule has 2 rings (SSSR count). The maximum Gasteiger partial charge on any atom is 0.311 e. The number of nitrogens with one attached hydrogen (secondary N) is 1. The van der Waals surface area contributed by atoms with Crippen molar-refractivity contribution >= 4 is 17.3 Å². The van der Waals surface area contributed by atoms with Crippen LogP contribution in [0.1, 0.15) is 24.1 Å². The summed E-state index contributed by atoms with van der Waals surface area (Å²) in [6.07, 6.45) is 0. The molecule has 25 heavy (non-hydrogen) atoms. The summed E-state index contributed by atoms with van der Waals surface area (Å²) in [4.78, 5) is 22.0. The molecule has 0 bridgehead atoms. The van der Waals surface area contributed by atoms with Crippen molar-refractivity contribution in [1.82, 2.24) is 0 Å². The second-order valence-electron chi connectivity index (χ2n) is 5.00. The predicted octanol–water partition coefficient (Wildman–Crippen LogP) is 1.77. The van der Waals surface area contributed by atoms with Crippen LogP contribution in [-0.2, 0) is 4.79 Å². The number of benzene rings is 2. The third-order valence-corrected chi connectivity index (χ3v) is 3.37. The van der Waals surface area contributed by atoms with Crippen molar-refractivity contribution in [1.29, 1.82) is 5.26 Å². The van der Waals surface area contributed by atoms with Gasteiger partial charge in [0.05, 0.1) is 35.2 Å². The standard InChI is InChI=1S/C17H15N3O5/c1-2-25-15-8-5-12(9-14(15)20(23)24)16(17(21)22)19-13-6-3-11(10-18)4-7-13/h3-9,16,19H,2H2,1H3,(H,21,22)/p-1. The maximum absolute atomic E-state index is 11.5. The van der Waals surface area contributed by atoms with Gasteiger partial charge in [-0.25, -0.2) is 0 Å². The minimum absolute atomic E-state index is 0.0618. The average Bonchev–Trinajstić information content (AvgIpc) is 2.60. The third-order valence-electron chi connectivity index (χ3n) is 3.37. The fourth-order valence-corrected chi connectivity index (χ4v) is 2.22. The van der Waals surface area contributed by atoms with Crippen molar-refractivity contribution in [2.75, 3.05) is 11.9 Å². The van der Waals surface area contributed by atoms with Gasteiger partial charge in [0, 0.05) is 11.8 Å². The monoisotopic (exact) mass is 340 g/mol. The van der Waals surface area contributed by atoms with Crippen molar-refractivity contribution in [3.8, 4) is 11.8 Å². The Morgan fingerprint density at radius 2 is 2.00 bits per heavy atom. The van der Waals surface area contributed by atoms with Crippen molar-refractivity contribution in [2.24, 2.45) is 0 Å². The summed E-state index contributed by atoms with van der Waals surface area (Å²) in [5.41, 5.74) is 0.684. The summed E-state index contributed by atoms with van der Waals surface area (Å²) < 4.78 is 5.18. The number of nitriles is 1. The first-order valence-electron chi connectivity index (χ1n) is 7.35. The Morgan fingerprint density at radius 1 is 1.32 bits per heavy atom. The smallest absolute Gasteiger partial charge is 0.311 e. The van der Waals surface area contributed by atoms with Gasteiger partial charge < -0.3 is 20.0 Å². The Bertz CT molecular complexity index is 827. The second-order valence-corrected chi connectivity index (χ2v) is 5.00. The number of carboxylic acids is 1. The highest BCUT2D eigenvalue weighted by Crippen LogP contribution is 2.31. The number of carbonyl (C=O) groups excluding carboxylic acids is 1. The SMILES string of the molecule is CCOc1ccc(C(Nc2ccc(C#N)cc2)C(=O)[O-])cc1[N+](=O)[O-]. The van der Waals surface area contributed by atoms with Crippen LogP contribution in [0, 0.1) is 21.4 Å². The van der Waals surface area contributed by atoms with Gasteiger partial charge in [-0.05, 0) is 42.8 Å². The molecule has 0 aromatic heterocycles. The first kappa shape index (κ1) is 17.7. The molecule has 128 valence electrons. The van der Waals surface area contributed by atoms with Crippen molar-refractivity contribution in [3.05, 3.63) is 63.7 Å². The molecule has 8 nitrogen and oxygen atoms in total. The minimum atomic E-state index is -1.44. The molecule has 0 saturated carbocycles. The first-order valence-corrected chi connectivity index (χ1v) is 7.35. The van der Waals surface area contributed by atoms with E-state index >= 15 is 0 Å². The number of aliphatic carboxylic acids is 1. The lowest BCUT2D eigenvalue weighted by Crippen LogP contribution is -2.34. The van der Waals surface area contributed by atoms with E-state index in [2.05, 4.69) is 5.32 Å². The predicted molar refractivity (Wildman–Crippen MR) is 86.8 cm³/mol. The fourth-order valence-electron chi connectivity index (χ4n) is 2.22. The molecule has 2 aromatic rings. The second kappa shape index (κ2) is 7.79. The van der Waals surface area contributed by atoms with Gasteiger partial charge in [0.25, 0.3) is 0 Å². The van der Waals surface area contributed by atoms with E-state index in [1.54, 1.807) is 6.92 Å². The molecule has 0 aliphatic carbocycles. The molecular weight excluding hydrogens is 326 g/mol. The molecule has 0 heterocycles. The molecule has 1 unspecified atom stereocenters. The summed E-state index contributed by atoms with van der Waals surface area (Å²) in [5.74, 6) is -1.38. The van der Waals surface area contributed by atoms with Crippen LogP contribution in [0.4, 0.5) is 11.4 Å². The van der Waals surface area contributed by atoms with E-state index < -0.39 is 16.9 Å². The Morgan fingerprint density at radius 3 is 2.52 bits per heavy atom. The minimum Gasteiger partial charge on any atom is -0.548 e. The van der Waals surface area contributed by atoms with E-state index in [-0.39, 0.29) is 23.6 Å². The van der Waals surface area contributed by atoms with Gasteiger partial charge in [0.1, 0.15) is 0 Å². The number of nitrogens with zero attached hydrogens (tertiary/aromatic N) is 2. The summed E-state index contributed by atoms with van der Waals surface area (Å²) in [6.45, 7) is 1.93. The van der Waals surface area contributed by atoms with Gasteiger partial charge in [-0.1, -0.05) is 6.07 Å². The van der Waals surface area contributed by atoms with Gasteiger partial charge in [-0.3, -0.25) is 10.1 Å². The highest BCUT2D eigenvalue weighted by Gasteiger charge is 2.21. The number of rotatable bonds is 7. The number of hydrogen-bond donors (Lipinski definition) is 1. The van der Waals surface area contributed by atoms with Crippen LogP contribution < -0.4 is 15.2 Å². The van der Waals surface area contributed by atoms with Crippen molar-refractivity contribution < 1.29 is 19.6 Å². The summed E-state index contributed by atoms with van der Waals surface area (Å²) in [7, 11) is 0. The van der Waals surface area contributed by atoms with E-state index in [0.717, 1.165) is 6.07 Å². The molecule has 0 fully saturated rings. The number of hydrogen-bond acceptors (Lipinski definition) is 7. The van der Waals surface area contributed by atoms with E-state index in [1.807, 2.05) is 6.07 Å². The summed E-state index contributed by atoms with van der Waals surface area (Å²) in [5, 5.41) is 34.2. The van der Waals surface area contributed by atoms with Crippen molar-refractivity contribution in [3.63, 3.8) is 0 Å². The van der Waals surface area contributed by atoms with Gasteiger partial charge in [-0.15, -0.1) is 0 Å². The highest BCUT2D eigenvalue weighted by molar-refractivity contribution is 5.78. The van der Waals surface area contributed by atoms with E-state index in [0.29, 0.717) is 11.3 Å². The number of ether oxygens (including phenoxy) is 1. The lowest BCUT2D eigenvalue weighted by Gasteiger charge is -2.21. The number of anilines is 1. The number of nitro groups is 1. The highest BCUT2D eigenvalue weighted by atomic mass is 16.6. The fraction of sp³-hybridized carbons (Fsp3) is 0.176. The lowest BCUT2D eigenvalue weighted by molar-refractivity contribution is -0.385. The zero-order chi connectivity index (χ0) is 18.4. The van der Waals surface area contributed by atoms with Crippen LogP contribution in [0.3, 0.4) is 0 Å². The third kappa shape index (κ3) is 4.23. The van der Waals surface area contributed by atoms with Crippen LogP contribution in [0.5, 0.6) is 5.75 Å². The summed E-state index contributed by atoms with van der Waals surface area (Å²) >= 11 is 0. The molecule has 0 spiro atoms. The maximum atomic E-state index is 11.5. The molecule has 2 aromatic carbocycles. The van der Waals surface area contributed by atoms with Gasteiger partial charge in [-0.2, -0.15) is 5.26 Å². The van der Waals surface area contributed by atoms with Crippen LogP contribution in [0.15, 0.2) is 42.5 Å². The van der Waals surface area contributed by atoms with Gasteiger partial charge >= 0.3 is 5.69 Å². The van der Waals surface area contributed by atoms with Crippen LogP contribution in [0.2, 0.25) is 0 Å². The first-order chi connectivity index (χ1) is 12.0. The number of nitro benzene ring substituents is 1. The molecular formula is C17H14N3O5-. The van der Waals surface area contributed by atoms with Gasteiger partial charge in [0.15, 0.2) is 5.75 Å². The van der Waals surface area contributed by atoms with Crippen LogP contribution in [-0.4, -0.2) is 17.5 Å². The van der Waals surface area contributed by atoms with Crippen molar-refractivity contribution in [2.45, 2.75) is 13.0 Å². The molecule has 0 aliphatic heterocycles. The molecule has 0 saturated heterocycles. The molecule has 1 N–H and O–H groups in total. The Labute approximate surface area is 143 Å². The normalized spacial score (nSPS) is 11.2.